The Morgan fingerprint density at radius 3 is 2.71 bits per heavy atom. The average Bonchev–Trinajstić information content (AvgIpc) is 3.66. The molecule has 2 atom stereocenters. The van der Waals surface area contributed by atoms with Gasteiger partial charge in [0.25, 0.3) is 5.91 Å². The maximum atomic E-state index is 13.5. The Bertz CT molecular complexity index is 1310. The van der Waals surface area contributed by atoms with Gasteiger partial charge in [0.05, 0.1) is 16.0 Å². The minimum atomic E-state index is -0.744. The molecule has 1 saturated heterocycles. The van der Waals surface area contributed by atoms with Gasteiger partial charge in [-0.25, -0.2) is 4.39 Å². The summed E-state index contributed by atoms with van der Waals surface area (Å²) in [6.45, 7) is 2.78. The number of carboxylic acid groups (broad SMARTS) is 1. The van der Waals surface area contributed by atoms with E-state index >= 15 is 0 Å². The number of amides is 1. The molecule has 1 aliphatic heterocycles. The second-order valence-corrected chi connectivity index (χ2v) is 9.91. The number of fused-ring (bicyclic) bond motifs is 1. The number of benzene rings is 2. The van der Waals surface area contributed by atoms with E-state index in [1.165, 1.54) is 12.1 Å². The average molecular weight is 497 g/mol. The third-order valence-electron chi connectivity index (χ3n) is 7.33. The summed E-state index contributed by atoms with van der Waals surface area (Å²) in [5.74, 6) is -0.791. The number of hydrogen-bond acceptors (Lipinski definition) is 4. The summed E-state index contributed by atoms with van der Waals surface area (Å²) in [4.78, 5) is 31.0. The van der Waals surface area contributed by atoms with Crippen molar-refractivity contribution in [2.45, 2.75) is 38.7 Å². The van der Waals surface area contributed by atoms with Crippen molar-refractivity contribution < 1.29 is 23.8 Å². The molecule has 0 bridgehead atoms. The quantitative estimate of drug-likeness (QED) is 0.483. The first-order valence-corrected chi connectivity index (χ1v) is 12.2. The zero-order valence-corrected chi connectivity index (χ0v) is 20.1. The van der Waals surface area contributed by atoms with Gasteiger partial charge in [-0.1, -0.05) is 11.6 Å². The Labute approximate surface area is 207 Å². The van der Waals surface area contributed by atoms with Gasteiger partial charge in [0.1, 0.15) is 11.6 Å². The highest BCUT2D eigenvalue weighted by molar-refractivity contribution is 6.33. The number of ether oxygens (including phenoxy) is 1. The number of aromatic nitrogens is 1. The van der Waals surface area contributed by atoms with Crippen LogP contribution in [0.5, 0.6) is 5.75 Å². The molecule has 0 radical (unpaired) electrons. The van der Waals surface area contributed by atoms with Crippen molar-refractivity contribution in [2.24, 2.45) is 11.3 Å². The summed E-state index contributed by atoms with van der Waals surface area (Å²) in [6, 6.07) is 11.5. The molecule has 1 aliphatic carbocycles. The summed E-state index contributed by atoms with van der Waals surface area (Å²) in [5, 5.41) is 10.8. The normalized spacial score (nSPS) is 19.9. The predicted molar refractivity (Wildman–Crippen MR) is 131 cm³/mol. The number of hydrogen-bond donors (Lipinski definition) is 1. The Morgan fingerprint density at radius 2 is 2.00 bits per heavy atom. The number of carbonyl (C=O) groups excluding carboxylic acids is 1. The number of aliphatic carboxylic acids is 1. The Kier molecular flexibility index (Phi) is 6.13. The SMILES string of the molecule is CC(Oc1ccc2c(-c3ccc(F)cc3Cl)ccnc2c1)C(=O)N1CCCC(C2(C(=O)O)CC2)C1. The molecule has 35 heavy (non-hydrogen) atoms. The first kappa shape index (κ1) is 23.5. The summed E-state index contributed by atoms with van der Waals surface area (Å²) in [6.07, 6.45) is 3.95. The number of carbonyl (C=O) groups is 2. The molecule has 2 fully saturated rings. The standard InChI is InChI=1S/C27H26ClFN2O4/c1-16(25(32)31-12-2-3-17(15-31)27(9-10-27)26(33)34)35-19-5-7-22-20(8-11-30-24(22)14-19)21-6-4-18(29)13-23(21)28/h4-8,11,13-14,16-17H,2-3,9-10,12,15H2,1H3,(H,33,34). The minimum Gasteiger partial charge on any atom is -0.481 e. The van der Waals surface area contributed by atoms with E-state index in [9.17, 15) is 19.1 Å². The van der Waals surface area contributed by atoms with Gasteiger partial charge < -0.3 is 14.7 Å². The van der Waals surface area contributed by atoms with E-state index in [1.807, 2.05) is 12.1 Å². The van der Waals surface area contributed by atoms with Crippen molar-refractivity contribution in [3.63, 3.8) is 0 Å². The van der Waals surface area contributed by atoms with Crippen LogP contribution in [0.3, 0.4) is 0 Å². The van der Waals surface area contributed by atoms with Crippen LogP contribution in [0.25, 0.3) is 22.0 Å². The van der Waals surface area contributed by atoms with Crippen LogP contribution in [0.15, 0.2) is 48.7 Å². The predicted octanol–water partition coefficient (Wildman–Crippen LogP) is 5.57. The summed E-state index contributed by atoms with van der Waals surface area (Å²) in [5.41, 5.74) is 1.53. The van der Waals surface area contributed by atoms with E-state index in [0.29, 0.717) is 47.8 Å². The molecule has 1 N–H and O–H groups in total. The van der Waals surface area contributed by atoms with Gasteiger partial charge in [-0.3, -0.25) is 14.6 Å². The molecule has 2 heterocycles. The molecule has 1 saturated carbocycles. The number of pyridine rings is 1. The third kappa shape index (κ3) is 4.45. The lowest BCUT2D eigenvalue weighted by atomic mass is 9.82. The molecule has 182 valence electrons. The molecule has 8 heteroatoms. The van der Waals surface area contributed by atoms with Crippen molar-refractivity contribution in [3.05, 3.63) is 59.5 Å². The first-order chi connectivity index (χ1) is 16.8. The minimum absolute atomic E-state index is 0.00789. The molecular formula is C27H26ClFN2O4. The number of rotatable bonds is 6. The Hall–Kier alpha value is -3.19. The molecule has 0 spiro atoms. The van der Waals surface area contributed by atoms with Crippen LogP contribution in [-0.4, -0.2) is 46.1 Å². The monoisotopic (exact) mass is 496 g/mol. The van der Waals surface area contributed by atoms with Crippen molar-refractivity contribution in [1.82, 2.24) is 9.88 Å². The highest BCUT2D eigenvalue weighted by atomic mass is 35.5. The van der Waals surface area contributed by atoms with E-state index < -0.39 is 23.3 Å². The molecule has 1 aromatic heterocycles. The molecule has 2 aliphatic rings. The van der Waals surface area contributed by atoms with Gasteiger partial charge in [-0.2, -0.15) is 0 Å². The van der Waals surface area contributed by atoms with Crippen LogP contribution in [0.4, 0.5) is 4.39 Å². The van der Waals surface area contributed by atoms with Crippen LogP contribution in [-0.2, 0) is 9.59 Å². The topological polar surface area (TPSA) is 79.7 Å². The molecule has 1 amide bonds. The fraction of sp³-hybridized carbons (Fsp3) is 0.370. The van der Waals surface area contributed by atoms with Crippen molar-refractivity contribution in [1.29, 1.82) is 0 Å². The summed E-state index contributed by atoms with van der Waals surface area (Å²) >= 11 is 6.27. The lowest BCUT2D eigenvalue weighted by Gasteiger charge is -2.37. The summed E-state index contributed by atoms with van der Waals surface area (Å²) in [7, 11) is 0. The van der Waals surface area contributed by atoms with E-state index in [0.717, 1.165) is 23.8 Å². The molecule has 2 aromatic carbocycles. The van der Waals surface area contributed by atoms with Gasteiger partial charge >= 0.3 is 5.97 Å². The fourth-order valence-corrected chi connectivity index (χ4v) is 5.48. The lowest BCUT2D eigenvalue weighted by molar-refractivity contribution is -0.149. The Balaban J connectivity index is 1.32. The molecule has 6 nitrogen and oxygen atoms in total. The molecular weight excluding hydrogens is 471 g/mol. The molecule has 5 rings (SSSR count). The van der Waals surface area contributed by atoms with Crippen molar-refractivity contribution in [2.75, 3.05) is 13.1 Å². The molecule has 3 aromatic rings. The largest absolute Gasteiger partial charge is 0.481 e. The first-order valence-electron chi connectivity index (χ1n) is 11.8. The van der Waals surface area contributed by atoms with Gasteiger partial charge in [0.15, 0.2) is 6.10 Å². The van der Waals surface area contributed by atoms with Crippen molar-refractivity contribution in [3.8, 4) is 16.9 Å². The Morgan fingerprint density at radius 1 is 1.20 bits per heavy atom. The van der Waals surface area contributed by atoms with Gasteiger partial charge in [0.2, 0.25) is 0 Å². The van der Waals surface area contributed by atoms with Crippen LogP contribution in [0.1, 0.15) is 32.6 Å². The van der Waals surface area contributed by atoms with Gasteiger partial charge in [-0.05, 0) is 80.5 Å². The zero-order valence-electron chi connectivity index (χ0n) is 19.3. The van der Waals surface area contributed by atoms with E-state index in [1.54, 1.807) is 36.2 Å². The molecule has 2 unspecified atom stereocenters. The maximum Gasteiger partial charge on any atom is 0.309 e. The van der Waals surface area contributed by atoms with Crippen LogP contribution in [0, 0.1) is 17.2 Å². The van der Waals surface area contributed by atoms with Gasteiger partial charge in [-0.15, -0.1) is 0 Å². The number of nitrogens with zero attached hydrogens (tertiary/aromatic N) is 2. The van der Waals surface area contributed by atoms with E-state index in [2.05, 4.69) is 4.98 Å². The van der Waals surface area contributed by atoms with Crippen LogP contribution in [0.2, 0.25) is 5.02 Å². The highest BCUT2D eigenvalue weighted by Crippen LogP contribution is 2.54. The highest BCUT2D eigenvalue weighted by Gasteiger charge is 2.56. The maximum absolute atomic E-state index is 13.5. The van der Waals surface area contributed by atoms with Crippen LogP contribution < -0.4 is 4.74 Å². The smallest absolute Gasteiger partial charge is 0.309 e. The van der Waals surface area contributed by atoms with E-state index in [-0.39, 0.29) is 11.8 Å². The number of likely N-dealkylation sites (tertiary alicyclic amines) is 1. The fourth-order valence-electron chi connectivity index (χ4n) is 5.22. The number of halogens is 2. The lowest BCUT2D eigenvalue weighted by Crippen LogP contribution is -2.48. The second kappa shape index (κ2) is 9.11. The van der Waals surface area contributed by atoms with E-state index in [4.69, 9.17) is 16.3 Å². The second-order valence-electron chi connectivity index (χ2n) is 9.51. The van der Waals surface area contributed by atoms with Gasteiger partial charge in [0, 0.05) is 36.3 Å². The number of piperidine rings is 1. The third-order valence-corrected chi connectivity index (χ3v) is 7.64. The summed E-state index contributed by atoms with van der Waals surface area (Å²) < 4.78 is 19.5. The zero-order chi connectivity index (χ0) is 24.7. The van der Waals surface area contributed by atoms with Crippen molar-refractivity contribution >= 4 is 34.4 Å². The van der Waals surface area contributed by atoms with Crippen LogP contribution >= 0.6 is 11.6 Å². The number of carboxylic acids is 1.